The quantitative estimate of drug-likeness (QED) is 0.330. The number of hydrogen-bond donors (Lipinski definition) is 0. The summed E-state index contributed by atoms with van der Waals surface area (Å²) >= 11 is 0. The molecule has 0 amide bonds. The first-order chi connectivity index (χ1) is 5.26. The molecule has 0 aliphatic heterocycles. The van der Waals surface area contributed by atoms with Gasteiger partial charge in [0, 0.05) is 5.57 Å². The lowest BCUT2D eigenvalue weighted by Gasteiger charge is -1.94. The standard InChI is InChI=1S/C10H13N/c1-5-7-8-9(3)10(6-2)11-4/h5-7H,1,4H2,2-3H3/b10-6+. The van der Waals surface area contributed by atoms with Crippen molar-refractivity contribution in [3.05, 3.63) is 41.8 Å². The van der Waals surface area contributed by atoms with Gasteiger partial charge in [0.05, 0.1) is 5.70 Å². The van der Waals surface area contributed by atoms with Crippen molar-refractivity contribution in [2.45, 2.75) is 13.8 Å². The van der Waals surface area contributed by atoms with Gasteiger partial charge in [-0.2, -0.15) is 0 Å². The van der Waals surface area contributed by atoms with Crippen LogP contribution in [0.1, 0.15) is 13.8 Å². The number of hydrogen-bond acceptors (Lipinski definition) is 1. The highest BCUT2D eigenvalue weighted by Gasteiger charge is 1.90. The van der Waals surface area contributed by atoms with Gasteiger partial charge in [-0.15, -0.1) is 5.73 Å². The molecule has 11 heavy (non-hydrogen) atoms. The molecule has 0 aromatic rings. The third-order valence-electron chi connectivity index (χ3n) is 1.25. The van der Waals surface area contributed by atoms with Crippen LogP contribution in [0.4, 0.5) is 0 Å². The maximum Gasteiger partial charge on any atom is 0.0685 e. The molecule has 0 rings (SSSR count). The molecule has 0 fully saturated rings. The van der Waals surface area contributed by atoms with Gasteiger partial charge in [0.2, 0.25) is 0 Å². The van der Waals surface area contributed by atoms with E-state index in [9.17, 15) is 0 Å². The summed E-state index contributed by atoms with van der Waals surface area (Å²) in [6, 6.07) is 0. The largest absolute Gasteiger partial charge is 0.264 e. The molecular weight excluding hydrogens is 134 g/mol. The molecule has 0 spiro atoms. The van der Waals surface area contributed by atoms with E-state index in [1.807, 2.05) is 19.9 Å². The Labute approximate surface area is 68.2 Å². The van der Waals surface area contributed by atoms with Crippen molar-refractivity contribution in [2.75, 3.05) is 0 Å². The fraction of sp³-hybridized carbons (Fsp3) is 0.200. The van der Waals surface area contributed by atoms with E-state index in [0.717, 1.165) is 11.3 Å². The second kappa shape index (κ2) is 5.45. The summed E-state index contributed by atoms with van der Waals surface area (Å²) in [4.78, 5) is 3.82. The Kier molecular flexibility index (Phi) is 4.80. The zero-order valence-corrected chi connectivity index (χ0v) is 7.09. The van der Waals surface area contributed by atoms with Crippen LogP contribution in [0.15, 0.2) is 46.8 Å². The molecule has 58 valence electrons. The molecular formula is C10H13N. The van der Waals surface area contributed by atoms with Gasteiger partial charge in [-0.3, -0.25) is 4.99 Å². The summed E-state index contributed by atoms with van der Waals surface area (Å²) in [7, 11) is 0. The number of nitrogens with zero attached hydrogens (tertiary/aromatic N) is 1. The molecule has 0 bridgehead atoms. The zero-order valence-electron chi connectivity index (χ0n) is 7.09. The lowest BCUT2D eigenvalue weighted by molar-refractivity contribution is 1.29. The third kappa shape index (κ3) is 3.39. The minimum Gasteiger partial charge on any atom is -0.264 e. The van der Waals surface area contributed by atoms with Crippen LogP contribution in [0.3, 0.4) is 0 Å². The van der Waals surface area contributed by atoms with Gasteiger partial charge >= 0.3 is 0 Å². The summed E-state index contributed by atoms with van der Waals surface area (Å²) < 4.78 is 0. The normalized spacial score (nSPS) is 9.82. The maximum absolute atomic E-state index is 3.82. The van der Waals surface area contributed by atoms with Crippen molar-refractivity contribution >= 4 is 6.72 Å². The predicted molar refractivity (Wildman–Crippen MR) is 50.8 cm³/mol. The minimum atomic E-state index is 0.864. The molecule has 0 aromatic heterocycles. The van der Waals surface area contributed by atoms with E-state index in [1.54, 1.807) is 12.2 Å². The molecule has 1 nitrogen and oxygen atoms in total. The fourth-order valence-electron chi connectivity index (χ4n) is 0.684. The highest BCUT2D eigenvalue weighted by Crippen LogP contribution is 2.07. The predicted octanol–water partition coefficient (Wildman–Crippen LogP) is 2.88. The van der Waals surface area contributed by atoms with Crippen LogP contribution in [0.2, 0.25) is 0 Å². The molecule has 0 aliphatic carbocycles. The SMILES string of the molecule is C=CC=C=C(C)/C(=C\C)N=C. The van der Waals surface area contributed by atoms with E-state index in [-0.39, 0.29) is 0 Å². The molecule has 0 aromatic carbocycles. The number of allylic oxidation sites excluding steroid dienone is 3. The fourth-order valence-corrected chi connectivity index (χ4v) is 0.684. The van der Waals surface area contributed by atoms with Gasteiger partial charge in [0.15, 0.2) is 0 Å². The minimum absolute atomic E-state index is 0.864. The second-order valence-electron chi connectivity index (χ2n) is 2.00. The van der Waals surface area contributed by atoms with Crippen molar-refractivity contribution in [1.82, 2.24) is 0 Å². The molecule has 0 saturated heterocycles. The highest BCUT2D eigenvalue weighted by molar-refractivity contribution is 5.37. The van der Waals surface area contributed by atoms with E-state index >= 15 is 0 Å². The monoisotopic (exact) mass is 147 g/mol. The Morgan fingerprint density at radius 2 is 2.18 bits per heavy atom. The van der Waals surface area contributed by atoms with Crippen LogP contribution >= 0.6 is 0 Å². The molecule has 0 aliphatic rings. The Hall–Kier alpha value is -1.33. The Bertz CT molecular complexity index is 238. The van der Waals surface area contributed by atoms with Gasteiger partial charge in [-0.1, -0.05) is 18.7 Å². The van der Waals surface area contributed by atoms with E-state index in [4.69, 9.17) is 0 Å². The first-order valence-electron chi connectivity index (χ1n) is 3.44. The van der Waals surface area contributed by atoms with Crippen LogP contribution in [-0.2, 0) is 0 Å². The molecule has 0 unspecified atom stereocenters. The first kappa shape index (κ1) is 9.67. The van der Waals surface area contributed by atoms with Crippen molar-refractivity contribution < 1.29 is 0 Å². The van der Waals surface area contributed by atoms with Crippen LogP contribution in [-0.4, -0.2) is 6.72 Å². The number of rotatable bonds is 3. The topological polar surface area (TPSA) is 12.4 Å². The average molecular weight is 147 g/mol. The van der Waals surface area contributed by atoms with Crippen LogP contribution in [0.25, 0.3) is 0 Å². The Balaban J connectivity index is 4.71. The van der Waals surface area contributed by atoms with Crippen LogP contribution in [0.5, 0.6) is 0 Å². The summed E-state index contributed by atoms with van der Waals surface area (Å²) in [5.41, 5.74) is 4.84. The molecule has 0 radical (unpaired) electrons. The molecule has 0 N–H and O–H groups in total. The summed E-state index contributed by atoms with van der Waals surface area (Å²) in [6.07, 6.45) is 5.33. The van der Waals surface area contributed by atoms with Crippen molar-refractivity contribution in [3.63, 3.8) is 0 Å². The first-order valence-corrected chi connectivity index (χ1v) is 3.44. The van der Waals surface area contributed by atoms with E-state index in [2.05, 4.69) is 24.0 Å². The van der Waals surface area contributed by atoms with Gasteiger partial charge < -0.3 is 0 Å². The summed E-state index contributed by atoms with van der Waals surface area (Å²) in [5, 5.41) is 0. The van der Waals surface area contributed by atoms with Gasteiger partial charge in [0.25, 0.3) is 0 Å². The zero-order chi connectivity index (χ0) is 8.69. The van der Waals surface area contributed by atoms with Gasteiger partial charge in [0.1, 0.15) is 0 Å². The summed E-state index contributed by atoms with van der Waals surface area (Å²) in [6.45, 7) is 10.8. The molecule has 0 atom stereocenters. The Morgan fingerprint density at radius 3 is 2.55 bits per heavy atom. The lowest BCUT2D eigenvalue weighted by Crippen LogP contribution is -1.76. The van der Waals surface area contributed by atoms with Crippen molar-refractivity contribution in [3.8, 4) is 0 Å². The third-order valence-corrected chi connectivity index (χ3v) is 1.25. The van der Waals surface area contributed by atoms with Crippen LogP contribution < -0.4 is 0 Å². The van der Waals surface area contributed by atoms with Crippen molar-refractivity contribution in [1.29, 1.82) is 0 Å². The summed E-state index contributed by atoms with van der Waals surface area (Å²) in [5.74, 6) is 0. The van der Waals surface area contributed by atoms with Gasteiger partial charge in [-0.05, 0) is 26.6 Å². The number of aliphatic imine (C=N–C) groups is 1. The molecule has 0 heterocycles. The van der Waals surface area contributed by atoms with E-state index < -0.39 is 0 Å². The highest BCUT2D eigenvalue weighted by atomic mass is 14.7. The van der Waals surface area contributed by atoms with Crippen molar-refractivity contribution in [2.24, 2.45) is 4.99 Å². The lowest BCUT2D eigenvalue weighted by atomic mass is 10.2. The second-order valence-corrected chi connectivity index (χ2v) is 2.00. The smallest absolute Gasteiger partial charge is 0.0685 e. The van der Waals surface area contributed by atoms with Gasteiger partial charge in [-0.25, -0.2) is 0 Å². The van der Waals surface area contributed by atoms with Crippen LogP contribution in [0, 0.1) is 0 Å². The maximum atomic E-state index is 3.82. The molecule has 0 saturated carbocycles. The van der Waals surface area contributed by atoms with E-state index in [0.29, 0.717) is 0 Å². The Morgan fingerprint density at radius 1 is 1.55 bits per heavy atom. The van der Waals surface area contributed by atoms with E-state index in [1.165, 1.54) is 0 Å². The molecule has 1 heteroatoms. The average Bonchev–Trinajstić information content (AvgIpc) is 2.03.